The summed E-state index contributed by atoms with van der Waals surface area (Å²) in [6.07, 6.45) is 3.33. The Labute approximate surface area is 166 Å². The van der Waals surface area contributed by atoms with Crippen LogP contribution in [0.1, 0.15) is 20.3 Å². The van der Waals surface area contributed by atoms with Crippen LogP contribution >= 0.6 is 0 Å². The van der Waals surface area contributed by atoms with Crippen LogP contribution in [0.3, 0.4) is 0 Å². The minimum Gasteiger partial charge on any atom is -0.373 e. The molecular weight excluding hydrogens is 384 g/mol. The summed E-state index contributed by atoms with van der Waals surface area (Å²) in [5.74, 6) is 0.481. The highest BCUT2D eigenvalue weighted by molar-refractivity contribution is 7.86. The third-order valence-corrected chi connectivity index (χ3v) is 6.79. The summed E-state index contributed by atoms with van der Waals surface area (Å²) in [5, 5.41) is 3.00. The quantitative estimate of drug-likeness (QED) is 0.688. The van der Waals surface area contributed by atoms with Crippen molar-refractivity contribution in [2.75, 3.05) is 51.1 Å². The number of anilines is 1. The molecule has 156 valence electrons. The Morgan fingerprint density at radius 2 is 1.71 bits per heavy atom. The first-order valence-corrected chi connectivity index (χ1v) is 11.0. The number of hydrogen-bond acceptors (Lipinski definition) is 7. The average Bonchev–Trinajstić information content (AvgIpc) is 2.68. The van der Waals surface area contributed by atoms with Gasteiger partial charge >= 0.3 is 0 Å². The second kappa shape index (κ2) is 9.12. The van der Waals surface area contributed by atoms with Crippen LogP contribution in [-0.4, -0.2) is 95.8 Å². The maximum absolute atomic E-state index is 12.9. The molecule has 0 bridgehead atoms. The number of morpholine rings is 1. The molecule has 0 aromatic carbocycles. The lowest BCUT2D eigenvalue weighted by molar-refractivity contribution is -0.132. The van der Waals surface area contributed by atoms with Crippen molar-refractivity contribution in [1.82, 2.24) is 23.5 Å². The molecule has 0 unspecified atom stereocenters. The molecule has 28 heavy (non-hydrogen) atoms. The molecule has 2 atom stereocenters. The van der Waals surface area contributed by atoms with Crippen LogP contribution in [0.15, 0.2) is 18.5 Å². The van der Waals surface area contributed by atoms with Gasteiger partial charge in [-0.2, -0.15) is 17.0 Å². The third-order valence-electron chi connectivity index (χ3n) is 4.82. The SMILES string of the molecule is C[C@@H]1CN(S(=O)(=O)N2CCN(C(=O)CCNc3ncccn3)CC2)C[C@@H](C)O1. The van der Waals surface area contributed by atoms with Crippen LogP contribution in [0.4, 0.5) is 5.95 Å². The van der Waals surface area contributed by atoms with Crippen molar-refractivity contribution < 1.29 is 17.9 Å². The van der Waals surface area contributed by atoms with Gasteiger partial charge in [-0.25, -0.2) is 9.97 Å². The highest BCUT2D eigenvalue weighted by Gasteiger charge is 2.37. The topological polar surface area (TPSA) is 108 Å². The Morgan fingerprint density at radius 1 is 1.11 bits per heavy atom. The number of hydrogen-bond donors (Lipinski definition) is 1. The molecule has 1 amide bonds. The molecule has 2 fully saturated rings. The van der Waals surface area contributed by atoms with Crippen molar-refractivity contribution in [1.29, 1.82) is 0 Å². The predicted molar refractivity (Wildman–Crippen MR) is 104 cm³/mol. The second-order valence-corrected chi connectivity index (χ2v) is 9.04. The number of carbonyl (C=O) groups excluding carboxylic acids is 1. The summed E-state index contributed by atoms with van der Waals surface area (Å²) in [6.45, 7) is 6.33. The molecule has 2 saturated heterocycles. The lowest BCUT2D eigenvalue weighted by Crippen LogP contribution is -2.57. The van der Waals surface area contributed by atoms with Crippen molar-refractivity contribution >= 4 is 22.1 Å². The fourth-order valence-corrected chi connectivity index (χ4v) is 5.23. The molecule has 1 N–H and O–H groups in total. The van der Waals surface area contributed by atoms with Crippen molar-refractivity contribution in [3.63, 3.8) is 0 Å². The van der Waals surface area contributed by atoms with Crippen molar-refractivity contribution in [2.45, 2.75) is 32.5 Å². The van der Waals surface area contributed by atoms with E-state index < -0.39 is 10.2 Å². The largest absolute Gasteiger partial charge is 0.373 e. The van der Waals surface area contributed by atoms with Gasteiger partial charge < -0.3 is 15.0 Å². The first-order chi connectivity index (χ1) is 13.4. The molecule has 2 aliphatic rings. The Morgan fingerprint density at radius 3 is 2.32 bits per heavy atom. The molecule has 1 aromatic rings. The Balaban J connectivity index is 1.46. The smallest absolute Gasteiger partial charge is 0.282 e. The summed E-state index contributed by atoms with van der Waals surface area (Å²) >= 11 is 0. The van der Waals surface area contributed by atoms with Crippen LogP contribution in [0.25, 0.3) is 0 Å². The molecular formula is C17H28N6O4S. The van der Waals surface area contributed by atoms with E-state index in [1.807, 2.05) is 13.8 Å². The van der Waals surface area contributed by atoms with E-state index in [1.54, 1.807) is 23.4 Å². The maximum Gasteiger partial charge on any atom is 0.282 e. The number of nitrogens with one attached hydrogen (secondary N) is 1. The zero-order valence-electron chi connectivity index (χ0n) is 16.3. The molecule has 3 heterocycles. The molecule has 0 radical (unpaired) electrons. The van der Waals surface area contributed by atoms with E-state index in [1.165, 1.54) is 8.61 Å². The van der Waals surface area contributed by atoms with Crippen LogP contribution in [0, 0.1) is 0 Å². The van der Waals surface area contributed by atoms with Crippen LogP contribution in [-0.2, 0) is 19.7 Å². The van der Waals surface area contributed by atoms with Crippen molar-refractivity contribution in [3.8, 4) is 0 Å². The van der Waals surface area contributed by atoms with Crippen LogP contribution in [0.5, 0.6) is 0 Å². The van der Waals surface area contributed by atoms with E-state index in [-0.39, 0.29) is 18.1 Å². The number of nitrogens with zero attached hydrogens (tertiary/aromatic N) is 5. The maximum atomic E-state index is 12.9. The molecule has 3 rings (SSSR count). The van der Waals surface area contributed by atoms with Gasteiger partial charge in [0.2, 0.25) is 11.9 Å². The van der Waals surface area contributed by atoms with Crippen LogP contribution in [0.2, 0.25) is 0 Å². The first-order valence-electron chi connectivity index (χ1n) is 9.55. The van der Waals surface area contributed by atoms with E-state index in [4.69, 9.17) is 4.74 Å². The molecule has 2 aliphatic heterocycles. The normalized spacial score (nSPS) is 24.9. The molecule has 0 spiro atoms. The van der Waals surface area contributed by atoms with E-state index in [0.717, 1.165) is 0 Å². The van der Waals surface area contributed by atoms with Gasteiger partial charge in [0.05, 0.1) is 12.2 Å². The number of piperazine rings is 1. The second-order valence-electron chi connectivity index (χ2n) is 7.11. The Hall–Kier alpha value is -1.82. The lowest BCUT2D eigenvalue weighted by atomic mass is 10.3. The molecule has 10 nitrogen and oxygen atoms in total. The van der Waals surface area contributed by atoms with Gasteiger partial charge in [-0.05, 0) is 19.9 Å². The summed E-state index contributed by atoms with van der Waals surface area (Å²) < 4.78 is 34.4. The fourth-order valence-electron chi connectivity index (χ4n) is 3.48. The molecule has 0 aliphatic carbocycles. The summed E-state index contributed by atoms with van der Waals surface area (Å²) in [4.78, 5) is 22.2. The summed E-state index contributed by atoms with van der Waals surface area (Å²) in [6, 6.07) is 1.72. The Kier molecular flexibility index (Phi) is 6.81. The van der Waals surface area contributed by atoms with E-state index >= 15 is 0 Å². The van der Waals surface area contributed by atoms with Gasteiger partial charge in [-0.1, -0.05) is 0 Å². The third kappa shape index (κ3) is 5.16. The van der Waals surface area contributed by atoms with Gasteiger partial charge in [-0.15, -0.1) is 0 Å². The van der Waals surface area contributed by atoms with Gasteiger partial charge in [0.15, 0.2) is 0 Å². The zero-order chi connectivity index (χ0) is 20.1. The molecule has 0 saturated carbocycles. The average molecular weight is 413 g/mol. The minimum absolute atomic E-state index is 0.00547. The van der Waals surface area contributed by atoms with Gasteiger partial charge in [0.25, 0.3) is 10.2 Å². The Bertz CT molecular complexity index is 744. The number of carbonyl (C=O) groups is 1. The van der Waals surface area contributed by atoms with Crippen molar-refractivity contribution in [2.24, 2.45) is 0 Å². The fraction of sp³-hybridized carbons (Fsp3) is 0.706. The first kappa shape index (κ1) is 20.9. The standard InChI is InChI=1S/C17H28N6O4S/c1-14-12-23(13-15(2)27-14)28(25,26)22-10-8-21(9-11-22)16(24)4-7-20-17-18-5-3-6-19-17/h3,5-6,14-15H,4,7-13H2,1-2H3,(H,18,19,20)/t14-,15-/m1/s1. The van der Waals surface area contributed by atoms with Crippen LogP contribution < -0.4 is 5.32 Å². The van der Waals surface area contributed by atoms with Gasteiger partial charge in [-0.3, -0.25) is 4.79 Å². The van der Waals surface area contributed by atoms with E-state index in [2.05, 4.69) is 15.3 Å². The number of amides is 1. The number of rotatable bonds is 6. The summed E-state index contributed by atoms with van der Waals surface area (Å²) in [5.41, 5.74) is 0. The van der Waals surface area contributed by atoms with E-state index in [0.29, 0.717) is 58.2 Å². The summed E-state index contributed by atoms with van der Waals surface area (Å²) in [7, 11) is -3.53. The lowest BCUT2D eigenvalue weighted by Gasteiger charge is -2.40. The molecule has 11 heteroatoms. The van der Waals surface area contributed by atoms with Gasteiger partial charge in [0.1, 0.15) is 0 Å². The van der Waals surface area contributed by atoms with Gasteiger partial charge in [0, 0.05) is 64.6 Å². The number of ether oxygens (including phenoxy) is 1. The monoisotopic (exact) mass is 412 g/mol. The van der Waals surface area contributed by atoms with E-state index in [9.17, 15) is 13.2 Å². The minimum atomic E-state index is -3.53. The molecule has 1 aromatic heterocycles. The zero-order valence-corrected chi connectivity index (χ0v) is 17.1. The number of aromatic nitrogens is 2. The highest BCUT2D eigenvalue weighted by atomic mass is 32.2. The van der Waals surface area contributed by atoms with Crippen molar-refractivity contribution in [3.05, 3.63) is 18.5 Å². The predicted octanol–water partition coefficient (Wildman–Crippen LogP) is -0.223. The highest BCUT2D eigenvalue weighted by Crippen LogP contribution is 2.19.